The van der Waals surface area contributed by atoms with Crippen molar-refractivity contribution in [2.24, 2.45) is 0 Å². The lowest BCUT2D eigenvalue weighted by Crippen LogP contribution is -1.95. The van der Waals surface area contributed by atoms with Crippen molar-refractivity contribution in [2.75, 3.05) is 0 Å². The van der Waals surface area contributed by atoms with Gasteiger partial charge in [0.05, 0.1) is 11.0 Å². The van der Waals surface area contributed by atoms with Crippen LogP contribution in [0.4, 0.5) is 0 Å². The van der Waals surface area contributed by atoms with Crippen molar-refractivity contribution >= 4 is 38.6 Å². The Labute approximate surface area is 200 Å². The van der Waals surface area contributed by atoms with Gasteiger partial charge in [-0.1, -0.05) is 30.3 Å². The second-order valence-electron chi connectivity index (χ2n) is 9.72. The number of hydrogen-bond donors (Lipinski definition) is 0. The van der Waals surface area contributed by atoms with Crippen molar-refractivity contribution in [3.05, 3.63) is 107 Å². The predicted molar refractivity (Wildman–Crippen MR) is 140 cm³/mol. The molecule has 9 rings (SSSR count). The summed E-state index contributed by atoms with van der Waals surface area (Å²) in [5, 5.41) is 2.29. The zero-order chi connectivity index (χ0) is 22.7. The fourth-order valence-corrected chi connectivity index (χ4v) is 6.37. The quantitative estimate of drug-likeness (QED) is 0.243. The second-order valence-corrected chi connectivity index (χ2v) is 9.72. The van der Waals surface area contributed by atoms with E-state index in [-0.39, 0.29) is 0 Å². The van der Waals surface area contributed by atoms with E-state index in [0.717, 1.165) is 51.5 Å². The van der Waals surface area contributed by atoms with Crippen LogP contribution in [0.2, 0.25) is 0 Å². The second kappa shape index (κ2) is 6.10. The van der Waals surface area contributed by atoms with Gasteiger partial charge in [-0.15, -0.1) is 0 Å². The molecule has 3 aromatic carbocycles. The third-order valence-corrected chi connectivity index (χ3v) is 7.87. The molecule has 0 spiro atoms. The molecule has 4 heteroatoms. The molecule has 4 aromatic heterocycles. The average Bonchev–Trinajstić information content (AvgIpc) is 3.57. The van der Waals surface area contributed by atoms with Crippen LogP contribution in [0.15, 0.2) is 85.2 Å². The highest BCUT2D eigenvalue weighted by atomic mass is 15.1. The normalized spacial score (nSPS) is 13.5. The molecule has 0 atom stereocenters. The summed E-state index contributed by atoms with van der Waals surface area (Å²) in [4.78, 5) is 14.5. The maximum absolute atomic E-state index is 5.04. The average molecular weight is 447 g/mol. The summed E-state index contributed by atoms with van der Waals surface area (Å²) in [6.45, 7) is 0. The van der Waals surface area contributed by atoms with E-state index in [1.165, 1.54) is 44.5 Å². The van der Waals surface area contributed by atoms with E-state index >= 15 is 0 Å². The molecule has 0 N–H and O–H groups in total. The van der Waals surface area contributed by atoms with Crippen LogP contribution in [0.3, 0.4) is 0 Å². The Morgan fingerprint density at radius 3 is 2.31 bits per heavy atom. The molecule has 0 aliphatic heterocycles. The van der Waals surface area contributed by atoms with Crippen LogP contribution in [0, 0.1) is 0 Å². The van der Waals surface area contributed by atoms with Gasteiger partial charge in [-0.25, -0.2) is 9.97 Å². The van der Waals surface area contributed by atoms with Gasteiger partial charge in [-0.3, -0.25) is 9.38 Å². The lowest BCUT2D eigenvalue weighted by Gasteiger charge is -2.11. The van der Waals surface area contributed by atoms with Crippen LogP contribution in [0.5, 0.6) is 0 Å². The minimum atomic E-state index is 0.873. The number of benzene rings is 3. The molecular formula is C31H18N4. The molecule has 35 heavy (non-hydrogen) atoms. The summed E-state index contributed by atoms with van der Waals surface area (Å²) in [6.07, 6.45) is 5.70. The molecule has 162 valence electrons. The van der Waals surface area contributed by atoms with Gasteiger partial charge in [0.25, 0.3) is 0 Å². The monoisotopic (exact) mass is 446 g/mol. The van der Waals surface area contributed by atoms with Gasteiger partial charge < -0.3 is 0 Å². The summed E-state index contributed by atoms with van der Waals surface area (Å²) in [5.74, 6) is 0. The minimum Gasteiger partial charge on any atom is -0.274 e. The highest BCUT2D eigenvalue weighted by molar-refractivity contribution is 6.13. The molecule has 2 aliphatic carbocycles. The van der Waals surface area contributed by atoms with E-state index in [9.17, 15) is 0 Å². The van der Waals surface area contributed by atoms with E-state index < -0.39 is 0 Å². The van der Waals surface area contributed by atoms with E-state index in [0.29, 0.717) is 0 Å². The first-order chi connectivity index (χ1) is 17.3. The number of fused-ring (bicyclic) bond motifs is 14. The number of hydrogen-bond acceptors (Lipinski definition) is 3. The topological polar surface area (TPSA) is 43.1 Å². The van der Waals surface area contributed by atoms with Gasteiger partial charge >= 0.3 is 0 Å². The molecule has 7 aromatic rings. The number of nitrogens with zero attached hydrogens (tertiary/aromatic N) is 4. The van der Waals surface area contributed by atoms with Crippen LogP contribution in [-0.2, 0) is 12.8 Å². The largest absolute Gasteiger partial charge is 0.274 e. The van der Waals surface area contributed by atoms with Crippen LogP contribution in [-0.4, -0.2) is 19.4 Å². The van der Waals surface area contributed by atoms with Gasteiger partial charge in [0.1, 0.15) is 11.2 Å². The zero-order valence-corrected chi connectivity index (χ0v) is 18.8. The van der Waals surface area contributed by atoms with Crippen LogP contribution in [0.1, 0.15) is 22.3 Å². The van der Waals surface area contributed by atoms with E-state index in [1.807, 2.05) is 30.6 Å². The third kappa shape index (κ3) is 2.20. The molecule has 0 amide bonds. The Balaban J connectivity index is 1.40. The minimum absolute atomic E-state index is 0.873. The highest BCUT2D eigenvalue weighted by Crippen LogP contribution is 2.46. The molecule has 2 aliphatic rings. The Morgan fingerprint density at radius 1 is 0.571 bits per heavy atom. The van der Waals surface area contributed by atoms with Crippen molar-refractivity contribution in [3.63, 3.8) is 0 Å². The first-order valence-electron chi connectivity index (χ1n) is 12.0. The summed E-state index contributed by atoms with van der Waals surface area (Å²) in [5.41, 5.74) is 15.9. The predicted octanol–water partition coefficient (Wildman–Crippen LogP) is 6.73. The Bertz CT molecular complexity index is 2070. The molecule has 0 fully saturated rings. The van der Waals surface area contributed by atoms with E-state index in [4.69, 9.17) is 9.97 Å². The van der Waals surface area contributed by atoms with Crippen LogP contribution >= 0.6 is 0 Å². The number of aromatic nitrogens is 4. The fraction of sp³-hybridized carbons (Fsp3) is 0.0645. The smallest absolute Gasteiger partial charge is 0.165 e. The van der Waals surface area contributed by atoms with Crippen molar-refractivity contribution in [2.45, 2.75) is 12.8 Å². The third-order valence-electron chi connectivity index (χ3n) is 7.87. The van der Waals surface area contributed by atoms with Crippen molar-refractivity contribution < 1.29 is 0 Å². The van der Waals surface area contributed by atoms with Gasteiger partial charge in [-0.05, 0) is 99.8 Å². The molecule has 4 nitrogen and oxygen atoms in total. The zero-order valence-electron chi connectivity index (χ0n) is 18.8. The molecule has 0 bridgehead atoms. The molecule has 0 radical (unpaired) electrons. The maximum atomic E-state index is 5.04. The van der Waals surface area contributed by atoms with E-state index in [2.05, 4.69) is 64.0 Å². The fourth-order valence-electron chi connectivity index (χ4n) is 6.37. The van der Waals surface area contributed by atoms with Crippen molar-refractivity contribution in [1.29, 1.82) is 0 Å². The van der Waals surface area contributed by atoms with Crippen LogP contribution < -0.4 is 0 Å². The van der Waals surface area contributed by atoms with Crippen LogP contribution in [0.25, 0.3) is 60.9 Å². The standard InChI is InChI=1S/C31H18N4/c1-2-6-21-17(5-1)11-18-12-19-13-20-14-25-26(16-24(20)23(19)15-22(18)21)30-34-27-7-3-10-33-31(27)35(30)28-8-4-9-32-29(25)28/h1-10,12,14-16H,11,13H2. The number of rotatable bonds is 0. The first-order valence-corrected chi connectivity index (χ1v) is 12.0. The van der Waals surface area contributed by atoms with Crippen molar-refractivity contribution in [3.8, 4) is 22.3 Å². The van der Waals surface area contributed by atoms with E-state index in [1.54, 1.807) is 0 Å². The summed E-state index contributed by atoms with van der Waals surface area (Å²) in [7, 11) is 0. The maximum Gasteiger partial charge on any atom is 0.165 e. The molecule has 0 saturated carbocycles. The first kappa shape index (κ1) is 17.8. The lowest BCUT2D eigenvalue weighted by atomic mass is 9.96. The summed E-state index contributed by atoms with van der Waals surface area (Å²) >= 11 is 0. The molecule has 4 heterocycles. The molecule has 0 unspecified atom stereocenters. The van der Waals surface area contributed by atoms with Gasteiger partial charge in [0, 0.05) is 23.2 Å². The summed E-state index contributed by atoms with van der Waals surface area (Å²) < 4.78 is 2.17. The van der Waals surface area contributed by atoms with Gasteiger partial charge in [-0.2, -0.15) is 0 Å². The van der Waals surface area contributed by atoms with Crippen molar-refractivity contribution in [1.82, 2.24) is 19.4 Å². The molecule has 0 saturated heterocycles. The highest BCUT2D eigenvalue weighted by Gasteiger charge is 2.26. The van der Waals surface area contributed by atoms with Gasteiger partial charge in [0.2, 0.25) is 0 Å². The van der Waals surface area contributed by atoms with Gasteiger partial charge in [0.15, 0.2) is 5.65 Å². The number of pyridine rings is 3. The summed E-state index contributed by atoms with van der Waals surface area (Å²) in [6, 6.07) is 26.5. The lowest BCUT2D eigenvalue weighted by molar-refractivity contribution is 1.21. The SMILES string of the molecule is c1ccc2c(c1)Cc1cc3c(cc1-2)-c1cc2c(cc1C3)c1ncccc1n1c3ncccc3nc21. The molecular weight excluding hydrogens is 428 g/mol. The Morgan fingerprint density at radius 2 is 1.34 bits per heavy atom. The Hall–Kier alpha value is -4.57. The number of imidazole rings is 1. The Kier molecular flexibility index (Phi) is 3.11.